The van der Waals surface area contributed by atoms with Gasteiger partial charge in [0.1, 0.15) is 4.90 Å². The van der Waals surface area contributed by atoms with E-state index in [0.717, 1.165) is 12.8 Å². The zero-order chi connectivity index (χ0) is 15.7. The smallest absolute Gasteiger partial charge is 0.244 e. The molecule has 1 aromatic carbocycles. The Morgan fingerprint density at radius 3 is 2.29 bits per heavy atom. The largest absolute Gasteiger partial charge is 0.394 e. The lowest BCUT2D eigenvalue weighted by Crippen LogP contribution is -2.53. The number of rotatable bonds is 4. The lowest BCUT2D eigenvalue weighted by atomic mass is 9.78. The van der Waals surface area contributed by atoms with Crippen LogP contribution in [0.3, 0.4) is 0 Å². The highest BCUT2D eigenvalue weighted by Crippen LogP contribution is 2.35. The maximum absolute atomic E-state index is 12.6. The number of aliphatic hydroxyl groups is 1. The van der Waals surface area contributed by atoms with Crippen molar-refractivity contribution >= 4 is 33.2 Å². The number of halogens is 2. The first-order valence-electron chi connectivity index (χ1n) is 6.88. The van der Waals surface area contributed by atoms with Gasteiger partial charge in [-0.1, -0.05) is 36.2 Å². The summed E-state index contributed by atoms with van der Waals surface area (Å²) in [5, 5.41) is 9.84. The minimum absolute atomic E-state index is 0.0762. The van der Waals surface area contributed by atoms with Crippen molar-refractivity contribution in [3.05, 3.63) is 28.2 Å². The van der Waals surface area contributed by atoms with E-state index in [1.54, 1.807) is 6.07 Å². The molecule has 0 unspecified atom stereocenters. The van der Waals surface area contributed by atoms with Crippen LogP contribution in [0.15, 0.2) is 23.1 Å². The Labute approximate surface area is 135 Å². The van der Waals surface area contributed by atoms with Crippen molar-refractivity contribution in [2.45, 2.75) is 43.0 Å². The summed E-state index contributed by atoms with van der Waals surface area (Å²) in [4.78, 5) is -0.125. The monoisotopic (exact) mass is 351 g/mol. The SMILES string of the molecule is CC1CCC(CO)(NS(=O)(=O)c2c(Cl)cccc2Cl)CC1. The van der Waals surface area contributed by atoms with E-state index in [4.69, 9.17) is 23.2 Å². The lowest BCUT2D eigenvalue weighted by Gasteiger charge is -2.38. The third kappa shape index (κ3) is 3.71. The Bertz CT molecular complexity index is 590. The molecule has 0 aliphatic heterocycles. The Kier molecular flexibility index (Phi) is 5.21. The standard InChI is InChI=1S/C14H19Cl2NO3S/c1-10-5-7-14(9-18,8-6-10)17-21(19,20)13-11(15)3-2-4-12(13)16/h2-4,10,17-18H,5-9H2,1H3. The first-order chi connectivity index (χ1) is 9.80. The molecule has 2 N–H and O–H groups in total. The van der Waals surface area contributed by atoms with Gasteiger partial charge in [0.2, 0.25) is 10.0 Å². The molecule has 1 aromatic rings. The Hall–Kier alpha value is -0.330. The van der Waals surface area contributed by atoms with Crippen LogP contribution in [0.1, 0.15) is 32.6 Å². The summed E-state index contributed by atoms with van der Waals surface area (Å²) in [6, 6.07) is 4.56. The van der Waals surface area contributed by atoms with Gasteiger partial charge in [0, 0.05) is 0 Å². The Morgan fingerprint density at radius 2 is 1.81 bits per heavy atom. The highest BCUT2D eigenvalue weighted by molar-refractivity contribution is 7.89. The Balaban J connectivity index is 2.32. The summed E-state index contributed by atoms with van der Waals surface area (Å²) in [6.07, 6.45) is 2.95. The van der Waals surface area contributed by atoms with E-state index in [0.29, 0.717) is 18.8 Å². The predicted octanol–water partition coefficient (Wildman–Crippen LogP) is 3.21. The number of hydrogen-bond acceptors (Lipinski definition) is 3. The van der Waals surface area contributed by atoms with E-state index in [2.05, 4.69) is 11.6 Å². The highest BCUT2D eigenvalue weighted by Gasteiger charge is 2.38. The number of aliphatic hydroxyl groups excluding tert-OH is 1. The first kappa shape index (κ1) is 17.0. The van der Waals surface area contributed by atoms with Crippen LogP contribution in [0.4, 0.5) is 0 Å². The van der Waals surface area contributed by atoms with Gasteiger partial charge in [-0.2, -0.15) is 0 Å². The molecule has 0 aromatic heterocycles. The fourth-order valence-electron chi connectivity index (χ4n) is 2.68. The molecular weight excluding hydrogens is 333 g/mol. The summed E-state index contributed by atoms with van der Waals surface area (Å²) in [5.41, 5.74) is -0.826. The average molecular weight is 352 g/mol. The zero-order valence-electron chi connectivity index (χ0n) is 11.8. The minimum atomic E-state index is -3.88. The van der Waals surface area contributed by atoms with Crippen molar-refractivity contribution in [1.82, 2.24) is 4.72 Å². The first-order valence-corrected chi connectivity index (χ1v) is 9.12. The van der Waals surface area contributed by atoms with Gasteiger partial charge in [-0.05, 0) is 43.7 Å². The Morgan fingerprint density at radius 1 is 1.29 bits per heavy atom. The van der Waals surface area contributed by atoms with Crippen LogP contribution < -0.4 is 4.72 Å². The molecule has 0 saturated heterocycles. The second-order valence-corrected chi connectivity index (χ2v) is 8.21. The second kappa shape index (κ2) is 6.42. The van der Waals surface area contributed by atoms with Crippen molar-refractivity contribution in [1.29, 1.82) is 0 Å². The van der Waals surface area contributed by atoms with E-state index in [-0.39, 0.29) is 21.5 Å². The molecule has 0 amide bonds. The minimum Gasteiger partial charge on any atom is -0.394 e. The fourth-order valence-corrected chi connectivity index (χ4v) is 5.28. The molecule has 1 saturated carbocycles. The molecule has 21 heavy (non-hydrogen) atoms. The quantitative estimate of drug-likeness (QED) is 0.874. The van der Waals surface area contributed by atoms with Gasteiger partial charge in [0.25, 0.3) is 0 Å². The molecule has 4 nitrogen and oxygen atoms in total. The van der Waals surface area contributed by atoms with E-state index >= 15 is 0 Å². The molecule has 1 aliphatic rings. The van der Waals surface area contributed by atoms with Gasteiger partial charge < -0.3 is 5.11 Å². The normalized spacial score (nSPS) is 26.8. The van der Waals surface area contributed by atoms with Crippen molar-refractivity contribution in [3.63, 3.8) is 0 Å². The van der Waals surface area contributed by atoms with E-state index in [9.17, 15) is 13.5 Å². The van der Waals surface area contributed by atoms with Crippen LogP contribution in [0.2, 0.25) is 10.0 Å². The van der Waals surface area contributed by atoms with E-state index in [1.807, 2.05) is 0 Å². The van der Waals surface area contributed by atoms with Crippen molar-refractivity contribution in [2.75, 3.05) is 6.61 Å². The van der Waals surface area contributed by atoms with Crippen molar-refractivity contribution < 1.29 is 13.5 Å². The molecule has 0 spiro atoms. The lowest BCUT2D eigenvalue weighted by molar-refractivity contribution is 0.125. The molecule has 1 fully saturated rings. The summed E-state index contributed by atoms with van der Waals surface area (Å²) in [7, 11) is -3.88. The van der Waals surface area contributed by atoms with Crippen LogP contribution in [0.5, 0.6) is 0 Å². The van der Waals surface area contributed by atoms with Gasteiger partial charge in [0.15, 0.2) is 0 Å². The van der Waals surface area contributed by atoms with Gasteiger partial charge in [-0.3, -0.25) is 0 Å². The summed E-state index contributed by atoms with van der Waals surface area (Å²) in [6.45, 7) is 1.89. The van der Waals surface area contributed by atoms with Crippen molar-refractivity contribution in [3.8, 4) is 0 Å². The second-order valence-electron chi connectivity index (χ2n) is 5.78. The number of hydrogen-bond donors (Lipinski definition) is 2. The number of benzene rings is 1. The summed E-state index contributed by atoms with van der Waals surface area (Å²) < 4.78 is 27.8. The van der Waals surface area contributed by atoms with Crippen LogP contribution in [0.25, 0.3) is 0 Å². The van der Waals surface area contributed by atoms with E-state index in [1.165, 1.54) is 12.1 Å². The number of sulfonamides is 1. The van der Waals surface area contributed by atoms with Crippen LogP contribution >= 0.6 is 23.2 Å². The number of nitrogens with one attached hydrogen (secondary N) is 1. The van der Waals surface area contributed by atoms with Crippen LogP contribution in [-0.2, 0) is 10.0 Å². The van der Waals surface area contributed by atoms with Gasteiger partial charge in [-0.15, -0.1) is 0 Å². The molecule has 0 bridgehead atoms. The molecule has 7 heteroatoms. The maximum atomic E-state index is 12.6. The third-order valence-corrected chi connectivity index (χ3v) is 6.61. The average Bonchev–Trinajstić information content (AvgIpc) is 2.41. The molecular formula is C14H19Cl2NO3S. The molecule has 0 radical (unpaired) electrons. The van der Waals surface area contributed by atoms with E-state index < -0.39 is 15.6 Å². The third-order valence-electron chi connectivity index (χ3n) is 4.07. The van der Waals surface area contributed by atoms with Crippen molar-refractivity contribution in [2.24, 2.45) is 5.92 Å². The van der Waals surface area contributed by atoms with Crippen LogP contribution in [0, 0.1) is 5.92 Å². The zero-order valence-corrected chi connectivity index (χ0v) is 14.1. The maximum Gasteiger partial charge on any atom is 0.244 e. The predicted molar refractivity (Wildman–Crippen MR) is 84.2 cm³/mol. The summed E-state index contributed by atoms with van der Waals surface area (Å²) in [5.74, 6) is 0.540. The molecule has 0 heterocycles. The highest BCUT2D eigenvalue weighted by atomic mass is 35.5. The molecule has 0 atom stereocenters. The topological polar surface area (TPSA) is 66.4 Å². The molecule has 1 aliphatic carbocycles. The fraction of sp³-hybridized carbons (Fsp3) is 0.571. The van der Waals surface area contributed by atoms with Gasteiger partial charge >= 0.3 is 0 Å². The van der Waals surface area contributed by atoms with Gasteiger partial charge in [-0.25, -0.2) is 13.1 Å². The van der Waals surface area contributed by atoms with Crippen LogP contribution in [-0.4, -0.2) is 25.7 Å². The molecule has 118 valence electrons. The molecule has 2 rings (SSSR count). The summed E-state index contributed by atoms with van der Waals surface area (Å²) >= 11 is 12.0. The van der Waals surface area contributed by atoms with Gasteiger partial charge in [0.05, 0.1) is 22.2 Å².